The molecule has 3 rings (SSSR count). The molecule has 0 aromatic heterocycles. The Kier molecular flexibility index (Phi) is 6.63. The average Bonchev–Trinajstić information content (AvgIpc) is 2.69. The van der Waals surface area contributed by atoms with Gasteiger partial charge in [-0.25, -0.2) is 0 Å². The van der Waals surface area contributed by atoms with Crippen LogP contribution in [0.1, 0.15) is 29.8 Å². The maximum atomic E-state index is 12.6. The highest BCUT2D eigenvalue weighted by Crippen LogP contribution is 2.51. The van der Waals surface area contributed by atoms with Crippen LogP contribution in [0.15, 0.2) is 66.7 Å². The highest BCUT2D eigenvalue weighted by molar-refractivity contribution is 7.53. The van der Waals surface area contributed by atoms with Crippen molar-refractivity contribution in [3.63, 3.8) is 0 Å². The molecule has 28 heavy (non-hydrogen) atoms. The Morgan fingerprint density at radius 3 is 2.18 bits per heavy atom. The molecule has 0 atom stereocenters. The van der Waals surface area contributed by atoms with Crippen molar-refractivity contribution in [2.24, 2.45) is 0 Å². The van der Waals surface area contributed by atoms with Crippen LogP contribution in [0.4, 0.5) is 5.69 Å². The fraction of sp³-hybridized carbons (Fsp3) is 0.227. The molecule has 0 bridgehead atoms. The Morgan fingerprint density at radius 1 is 0.893 bits per heavy atom. The molecule has 0 radical (unpaired) electrons. The number of hydrogen-bond acceptors (Lipinski definition) is 4. The molecule has 146 valence electrons. The standard InChI is InChI=1S/C22H24NO4P/c1-3-26-28(25,27-4-2)16-17-9-13-21(14-10-17)23-22(24)20-12-11-18-7-5-6-8-19(18)15-20/h5-15H,3-4,16H2,1-2H3,(H,23,24). The van der Waals surface area contributed by atoms with E-state index >= 15 is 0 Å². The lowest BCUT2D eigenvalue weighted by atomic mass is 10.1. The van der Waals surface area contributed by atoms with Crippen LogP contribution in [0.3, 0.4) is 0 Å². The van der Waals surface area contributed by atoms with E-state index in [1.807, 2.05) is 54.6 Å². The van der Waals surface area contributed by atoms with Gasteiger partial charge in [-0.2, -0.15) is 0 Å². The van der Waals surface area contributed by atoms with Crippen LogP contribution in [0, 0.1) is 0 Å². The van der Waals surface area contributed by atoms with Crippen molar-refractivity contribution in [2.45, 2.75) is 20.0 Å². The molecule has 0 aliphatic carbocycles. The van der Waals surface area contributed by atoms with E-state index in [2.05, 4.69) is 5.32 Å². The van der Waals surface area contributed by atoms with Gasteiger partial charge in [0.15, 0.2) is 0 Å². The van der Waals surface area contributed by atoms with Crippen molar-refractivity contribution in [1.29, 1.82) is 0 Å². The molecule has 0 aliphatic rings. The lowest BCUT2D eigenvalue weighted by molar-refractivity contribution is 0.102. The quantitative estimate of drug-likeness (QED) is 0.484. The highest BCUT2D eigenvalue weighted by Gasteiger charge is 2.23. The number of nitrogens with one attached hydrogen (secondary N) is 1. The van der Waals surface area contributed by atoms with E-state index in [4.69, 9.17) is 9.05 Å². The van der Waals surface area contributed by atoms with Gasteiger partial charge in [0.2, 0.25) is 0 Å². The van der Waals surface area contributed by atoms with Gasteiger partial charge in [-0.1, -0.05) is 42.5 Å². The Balaban J connectivity index is 1.69. The Bertz CT molecular complexity index is 991. The maximum Gasteiger partial charge on any atom is 0.335 e. The third-order valence-corrected chi connectivity index (χ3v) is 6.31. The maximum absolute atomic E-state index is 12.6. The van der Waals surface area contributed by atoms with Gasteiger partial charge >= 0.3 is 7.60 Å². The molecule has 5 nitrogen and oxygen atoms in total. The lowest BCUT2D eigenvalue weighted by Gasteiger charge is -2.17. The summed E-state index contributed by atoms with van der Waals surface area (Å²) in [5, 5.41) is 5.01. The molecule has 3 aromatic carbocycles. The third-order valence-electron chi connectivity index (χ3n) is 4.25. The van der Waals surface area contributed by atoms with Gasteiger partial charge in [0.05, 0.1) is 19.4 Å². The van der Waals surface area contributed by atoms with Gasteiger partial charge in [0.25, 0.3) is 5.91 Å². The second kappa shape index (κ2) is 9.16. The zero-order chi connectivity index (χ0) is 20.0. The molecule has 0 spiro atoms. The van der Waals surface area contributed by atoms with E-state index in [9.17, 15) is 9.36 Å². The van der Waals surface area contributed by atoms with Crippen LogP contribution < -0.4 is 5.32 Å². The van der Waals surface area contributed by atoms with Crippen molar-refractivity contribution in [1.82, 2.24) is 0 Å². The highest BCUT2D eigenvalue weighted by atomic mass is 31.2. The summed E-state index contributed by atoms with van der Waals surface area (Å²) < 4.78 is 23.3. The summed E-state index contributed by atoms with van der Waals surface area (Å²) in [5.41, 5.74) is 2.10. The van der Waals surface area contributed by atoms with Crippen LogP contribution in [0.5, 0.6) is 0 Å². The number of benzene rings is 3. The number of carbonyl (C=O) groups is 1. The number of anilines is 1. The van der Waals surface area contributed by atoms with Gasteiger partial charge in [-0.15, -0.1) is 0 Å². The van der Waals surface area contributed by atoms with E-state index in [0.717, 1.165) is 16.3 Å². The molecular formula is C22H24NO4P. The van der Waals surface area contributed by atoms with Gasteiger partial charge < -0.3 is 14.4 Å². The predicted molar refractivity (Wildman–Crippen MR) is 113 cm³/mol. The van der Waals surface area contributed by atoms with Gasteiger partial charge in [0.1, 0.15) is 0 Å². The topological polar surface area (TPSA) is 64.6 Å². The van der Waals surface area contributed by atoms with Crippen LogP contribution in [0.25, 0.3) is 10.8 Å². The Hall–Kier alpha value is -2.46. The monoisotopic (exact) mass is 397 g/mol. The van der Waals surface area contributed by atoms with Crippen molar-refractivity contribution < 1.29 is 18.4 Å². The first-order valence-corrected chi connectivity index (χ1v) is 11.0. The van der Waals surface area contributed by atoms with Crippen molar-refractivity contribution in [3.8, 4) is 0 Å². The molecular weight excluding hydrogens is 373 g/mol. The second-order valence-corrected chi connectivity index (χ2v) is 8.37. The summed E-state index contributed by atoms with van der Waals surface area (Å²) in [5.74, 6) is -0.173. The molecule has 1 amide bonds. The van der Waals surface area contributed by atoms with E-state index in [-0.39, 0.29) is 12.1 Å². The van der Waals surface area contributed by atoms with Crippen LogP contribution >= 0.6 is 7.60 Å². The molecule has 3 aromatic rings. The van der Waals surface area contributed by atoms with E-state index < -0.39 is 7.60 Å². The third kappa shape index (κ3) is 5.08. The summed E-state index contributed by atoms with van der Waals surface area (Å²) >= 11 is 0. The smallest absolute Gasteiger partial charge is 0.322 e. The minimum Gasteiger partial charge on any atom is -0.322 e. The van der Waals surface area contributed by atoms with Crippen molar-refractivity contribution in [2.75, 3.05) is 18.5 Å². The Labute approximate surface area is 165 Å². The minimum absolute atomic E-state index is 0.173. The fourth-order valence-electron chi connectivity index (χ4n) is 2.97. The van der Waals surface area contributed by atoms with Crippen molar-refractivity contribution in [3.05, 3.63) is 77.9 Å². The molecule has 0 aliphatic heterocycles. The number of carbonyl (C=O) groups excluding carboxylic acids is 1. The molecule has 0 unspecified atom stereocenters. The van der Waals surface area contributed by atoms with Crippen molar-refractivity contribution >= 4 is 30.0 Å². The molecule has 0 saturated heterocycles. The summed E-state index contributed by atoms with van der Waals surface area (Å²) in [7, 11) is -3.14. The SMILES string of the molecule is CCOP(=O)(Cc1ccc(NC(=O)c2ccc3ccccc3c2)cc1)OCC. The molecule has 6 heteroatoms. The summed E-state index contributed by atoms with van der Waals surface area (Å²) in [6.45, 7) is 4.24. The predicted octanol–water partition coefficient (Wildman–Crippen LogP) is 5.86. The first kappa shape index (κ1) is 20.3. The molecule has 0 fully saturated rings. The number of fused-ring (bicyclic) bond motifs is 1. The van der Waals surface area contributed by atoms with Crippen LogP contribution in [0.2, 0.25) is 0 Å². The van der Waals surface area contributed by atoms with Gasteiger partial charge in [-0.3, -0.25) is 9.36 Å². The number of hydrogen-bond donors (Lipinski definition) is 1. The average molecular weight is 397 g/mol. The van der Waals surface area contributed by atoms with Crippen LogP contribution in [-0.2, 0) is 19.8 Å². The number of rotatable bonds is 8. The molecule has 0 heterocycles. The van der Waals surface area contributed by atoms with E-state index in [1.165, 1.54) is 0 Å². The fourth-order valence-corrected chi connectivity index (χ4v) is 4.67. The normalized spacial score (nSPS) is 11.5. The van der Waals surface area contributed by atoms with Gasteiger partial charge in [0, 0.05) is 11.3 Å². The second-order valence-electron chi connectivity index (χ2n) is 6.32. The van der Waals surface area contributed by atoms with Gasteiger partial charge in [-0.05, 0) is 54.4 Å². The first-order valence-electron chi connectivity index (χ1n) is 9.30. The summed E-state index contributed by atoms with van der Waals surface area (Å²) in [4.78, 5) is 12.5. The zero-order valence-corrected chi connectivity index (χ0v) is 16.9. The van der Waals surface area contributed by atoms with Crippen LogP contribution in [-0.4, -0.2) is 19.1 Å². The lowest BCUT2D eigenvalue weighted by Crippen LogP contribution is -2.11. The number of amides is 1. The Morgan fingerprint density at radius 2 is 1.54 bits per heavy atom. The summed E-state index contributed by atoms with van der Waals surface area (Å²) in [6, 6.07) is 20.8. The first-order chi connectivity index (χ1) is 13.5. The minimum atomic E-state index is -3.14. The van der Waals surface area contributed by atoms with E-state index in [1.54, 1.807) is 26.0 Å². The molecule has 0 saturated carbocycles. The summed E-state index contributed by atoms with van der Waals surface area (Å²) in [6.07, 6.45) is 0.202. The zero-order valence-electron chi connectivity index (χ0n) is 16.1. The van der Waals surface area contributed by atoms with E-state index in [0.29, 0.717) is 24.5 Å². The molecule has 1 N–H and O–H groups in total. The largest absolute Gasteiger partial charge is 0.335 e.